The van der Waals surface area contributed by atoms with Gasteiger partial charge in [0.1, 0.15) is 23.2 Å². The predicted molar refractivity (Wildman–Crippen MR) is 106 cm³/mol. The average molecular weight is 390 g/mol. The van der Waals surface area contributed by atoms with Gasteiger partial charge in [-0.25, -0.2) is 9.37 Å². The first kappa shape index (κ1) is 16.9. The Kier molecular flexibility index (Phi) is 5.29. The van der Waals surface area contributed by atoms with Crippen LogP contribution in [0.5, 0.6) is 5.75 Å². The molecule has 6 heteroatoms. The topological polar surface area (TPSA) is 22.1 Å². The third-order valence-electron chi connectivity index (χ3n) is 3.81. The molecule has 128 valence electrons. The molecule has 3 aromatic rings. The molecule has 0 bridgehead atoms. The summed E-state index contributed by atoms with van der Waals surface area (Å²) in [5.41, 5.74) is 2.93. The quantitative estimate of drug-likeness (QED) is 0.533. The lowest BCUT2D eigenvalue weighted by atomic mass is 10.2. The molecule has 1 fully saturated rings. The largest absolute Gasteiger partial charge is 0.486 e. The Balaban J connectivity index is 1.38. The fourth-order valence-electron chi connectivity index (χ4n) is 2.57. The smallest absolute Gasteiger partial charge is 0.140 e. The zero-order chi connectivity index (χ0) is 17.1. The minimum absolute atomic E-state index is 0.248. The van der Waals surface area contributed by atoms with E-state index in [0.717, 1.165) is 22.0 Å². The van der Waals surface area contributed by atoms with Crippen LogP contribution in [0.15, 0.2) is 53.9 Å². The number of aromatic nitrogens is 1. The van der Waals surface area contributed by atoms with Crippen molar-refractivity contribution >= 4 is 34.9 Å². The molecule has 1 aliphatic rings. The van der Waals surface area contributed by atoms with Gasteiger partial charge < -0.3 is 4.74 Å². The maximum absolute atomic E-state index is 13.3. The van der Waals surface area contributed by atoms with E-state index in [-0.39, 0.29) is 5.82 Å². The standard InChI is InChI=1S/C19H16FNOS3/c20-15-3-1-2-14(10-15)17-12-25-18(21-17)11-22-16-6-4-13(5-7-16)19-23-8-9-24-19/h1-7,10,12,19H,8-9,11H2. The van der Waals surface area contributed by atoms with E-state index < -0.39 is 0 Å². The van der Waals surface area contributed by atoms with Crippen LogP contribution in [-0.2, 0) is 6.61 Å². The number of halogens is 1. The van der Waals surface area contributed by atoms with Gasteiger partial charge in [0.2, 0.25) is 0 Å². The summed E-state index contributed by atoms with van der Waals surface area (Å²) in [4.78, 5) is 4.54. The first-order chi connectivity index (χ1) is 12.3. The van der Waals surface area contributed by atoms with E-state index >= 15 is 0 Å². The number of benzene rings is 2. The van der Waals surface area contributed by atoms with Crippen molar-refractivity contribution in [3.05, 3.63) is 70.3 Å². The van der Waals surface area contributed by atoms with Gasteiger partial charge in [0.25, 0.3) is 0 Å². The number of thioether (sulfide) groups is 2. The minimum Gasteiger partial charge on any atom is -0.486 e. The molecule has 0 aliphatic carbocycles. The maximum Gasteiger partial charge on any atom is 0.140 e. The number of hydrogen-bond donors (Lipinski definition) is 0. The van der Waals surface area contributed by atoms with Crippen LogP contribution in [0.2, 0.25) is 0 Å². The Morgan fingerprint density at radius 2 is 1.88 bits per heavy atom. The monoisotopic (exact) mass is 389 g/mol. The average Bonchev–Trinajstić information content (AvgIpc) is 3.32. The molecule has 2 nitrogen and oxygen atoms in total. The molecule has 2 aromatic carbocycles. The zero-order valence-corrected chi connectivity index (χ0v) is 15.8. The van der Waals surface area contributed by atoms with Crippen molar-refractivity contribution in [1.29, 1.82) is 0 Å². The van der Waals surface area contributed by atoms with Crippen molar-refractivity contribution < 1.29 is 9.13 Å². The predicted octanol–water partition coefficient (Wildman–Crippen LogP) is 6.01. The Morgan fingerprint density at radius 1 is 1.08 bits per heavy atom. The summed E-state index contributed by atoms with van der Waals surface area (Å²) in [6, 6.07) is 14.8. The van der Waals surface area contributed by atoms with Crippen LogP contribution in [0.1, 0.15) is 15.2 Å². The molecule has 1 saturated heterocycles. The molecule has 0 spiro atoms. The van der Waals surface area contributed by atoms with E-state index in [0.29, 0.717) is 11.2 Å². The second-order valence-corrected chi connectivity index (χ2v) is 9.24. The van der Waals surface area contributed by atoms with Gasteiger partial charge in [0.05, 0.1) is 10.3 Å². The highest BCUT2D eigenvalue weighted by Gasteiger charge is 2.17. The first-order valence-corrected chi connectivity index (χ1v) is 10.9. The number of hydrogen-bond acceptors (Lipinski definition) is 5. The molecule has 0 atom stereocenters. The second-order valence-electron chi connectivity index (χ2n) is 5.57. The summed E-state index contributed by atoms with van der Waals surface area (Å²) in [7, 11) is 0. The summed E-state index contributed by atoms with van der Waals surface area (Å²) >= 11 is 5.53. The van der Waals surface area contributed by atoms with Crippen LogP contribution in [0.3, 0.4) is 0 Å². The van der Waals surface area contributed by atoms with E-state index in [4.69, 9.17) is 4.74 Å². The van der Waals surface area contributed by atoms with Crippen LogP contribution in [0.25, 0.3) is 11.3 Å². The molecule has 0 radical (unpaired) electrons. The highest BCUT2D eigenvalue weighted by Crippen LogP contribution is 2.45. The molecule has 0 saturated carbocycles. The van der Waals surface area contributed by atoms with Gasteiger partial charge in [0, 0.05) is 22.4 Å². The fourth-order valence-corrected chi connectivity index (χ4v) is 6.15. The number of ether oxygens (including phenoxy) is 1. The Hall–Kier alpha value is -1.50. The van der Waals surface area contributed by atoms with Crippen molar-refractivity contribution in [2.75, 3.05) is 11.5 Å². The van der Waals surface area contributed by atoms with Crippen molar-refractivity contribution in [3.8, 4) is 17.0 Å². The van der Waals surface area contributed by atoms with Gasteiger partial charge in [-0.05, 0) is 29.8 Å². The third-order valence-corrected chi connectivity index (χ3v) is 7.74. The van der Waals surface area contributed by atoms with Crippen molar-refractivity contribution in [2.24, 2.45) is 0 Å². The summed E-state index contributed by atoms with van der Waals surface area (Å²) in [6.07, 6.45) is 0. The van der Waals surface area contributed by atoms with Crippen molar-refractivity contribution in [3.63, 3.8) is 0 Å². The number of rotatable bonds is 5. The molecule has 1 aromatic heterocycles. The lowest BCUT2D eigenvalue weighted by Crippen LogP contribution is -1.95. The molecular weight excluding hydrogens is 373 g/mol. The molecule has 1 aliphatic heterocycles. The van der Waals surface area contributed by atoms with Crippen LogP contribution in [0.4, 0.5) is 4.39 Å². The van der Waals surface area contributed by atoms with Crippen LogP contribution in [-0.4, -0.2) is 16.5 Å². The molecule has 2 heterocycles. The molecular formula is C19H16FNOS3. The lowest BCUT2D eigenvalue weighted by Gasteiger charge is -2.09. The van der Waals surface area contributed by atoms with Crippen LogP contribution < -0.4 is 4.74 Å². The molecule has 0 amide bonds. The maximum atomic E-state index is 13.3. The van der Waals surface area contributed by atoms with E-state index in [1.807, 2.05) is 47.1 Å². The third kappa shape index (κ3) is 4.19. The van der Waals surface area contributed by atoms with Gasteiger partial charge in [0.15, 0.2) is 0 Å². The molecule has 25 heavy (non-hydrogen) atoms. The summed E-state index contributed by atoms with van der Waals surface area (Å²) < 4.78 is 19.7. The highest BCUT2D eigenvalue weighted by molar-refractivity contribution is 8.19. The van der Waals surface area contributed by atoms with Gasteiger partial charge >= 0.3 is 0 Å². The summed E-state index contributed by atoms with van der Waals surface area (Å²) in [6.45, 7) is 0.423. The van der Waals surface area contributed by atoms with Gasteiger partial charge in [-0.3, -0.25) is 0 Å². The minimum atomic E-state index is -0.248. The SMILES string of the molecule is Fc1cccc(-c2csc(COc3ccc(C4SCCS4)cc3)n2)c1. The highest BCUT2D eigenvalue weighted by atomic mass is 32.2. The number of nitrogens with zero attached hydrogens (tertiary/aromatic N) is 1. The summed E-state index contributed by atoms with van der Waals surface area (Å²) in [5, 5.41) is 2.82. The van der Waals surface area contributed by atoms with E-state index in [2.05, 4.69) is 17.1 Å². The van der Waals surface area contributed by atoms with Gasteiger partial charge in [-0.15, -0.1) is 34.9 Å². The normalized spacial score (nSPS) is 14.8. The van der Waals surface area contributed by atoms with Gasteiger partial charge in [-0.2, -0.15) is 0 Å². The fraction of sp³-hybridized carbons (Fsp3) is 0.211. The first-order valence-electron chi connectivity index (χ1n) is 7.94. The summed E-state index contributed by atoms with van der Waals surface area (Å²) in [5.74, 6) is 3.05. The second kappa shape index (κ2) is 7.81. The molecule has 0 unspecified atom stereocenters. The molecule has 4 rings (SSSR count). The van der Waals surface area contributed by atoms with E-state index in [1.54, 1.807) is 6.07 Å². The Morgan fingerprint density at radius 3 is 2.64 bits per heavy atom. The van der Waals surface area contributed by atoms with Crippen molar-refractivity contribution in [2.45, 2.75) is 11.2 Å². The van der Waals surface area contributed by atoms with E-state index in [9.17, 15) is 4.39 Å². The van der Waals surface area contributed by atoms with Gasteiger partial charge in [-0.1, -0.05) is 24.3 Å². The number of thiazole rings is 1. The van der Waals surface area contributed by atoms with E-state index in [1.165, 1.54) is 40.5 Å². The molecule has 0 N–H and O–H groups in total. The van der Waals surface area contributed by atoms with Crippen LogP contribution >= 0.6 is 34.9 Å². The Bertz CT molecular complexity index is 844. The zero-order valence-electron chi connectivity index (χ0n) is 13.4. The van der Waals surface area contributed by atoms with Crippen molar-refractivity contribution in [1.82, 2.24) is 4.98 Å². The Labute approximate surface area is 158 Å². The lowest BCUT2D eigenvalue weighted by molar-refractivity contribution is 0.305. The van der Waals surface area contributed by atoms with Crippen LogP contribution in [0, 0.1) is 5.82 Å².